The average Bonchev–Trinajstić information content (AvgIpc) is 3.12. The molecule has 2 heterocycles. The van der Waals surface area contributed by atoms with E-state index < -0.39 is 0 Å². The molecule has 1 aromatic heterocycles. The Labute approximate surface area is 174 Å². The van der Waals surface area contributed by atoms with E-state index in [1.807, 2.05) is 48.5 Å². The summed E-state index contributed by atoms with van der Waals surface area (Å²) in [4.78, 5) is 21.1. The summed E-state index contributed by atoms with van der Waals surface area (Å²) in [7, 11) is 1.97. The van der Waals surface area contributed by atoms with E-state index in [1.165, 1.54) is 0 Å². The predicted molar refractivity (Wildman–Crippen MR) is 115 cm³/mol. The molecule has 27 heavy (non-hydrogen) atoms. The third-order valence-electron chi connectivity index (χ3n) is 4.68. The molecule has 1 amide bonds. The largest absolute Gasteiger partial charge is 0.358 e. The van der Waals surface area contributed by atoms with Crippen molar-refractivity contribution in [1.29, 1.82) is 0 Å². The summed E-state index contributed by atoms with van der Waals surface area (Å²) in [6.45, 7) is 3.76. The predicted octanol–water partition coefficient (Wildman–Crippen LogP) is 3.00. The van der Waals surface area contributed by atoms with Gasteiger partial charge in [0.05, 0.1) is 6.54 Å². The van der Waals surface area contributed by atoms with Crippen LogP contribution in [0, 0.1) is 5.92 Å². The first-order valence-corrected chi connectivity index (χ1v) is 8.87. The maximum absolute atomic E-state index is 12.8. The van der Waals surface area contributed by atoms with E-state index >= 15 is 0 Å². The summed E-state index contributed by atoms with van der Waals surface area (Å²) in [5.74, 6) is 0.767. The Kier molecular flexibility index (Phi) is 10.1. The molecule has 5 nitrogen and oxygen atoms in total. The van der Waals surface area contributed by atoms with Crippen LogP contribution in [0.15, 0.2) is 54.9 Å². The van der Waals surface area contributed by atoms with Gasteiger partial charge in [0.25, 0.3) is 0 Å². The molecule has 1 saturated heterocycles. The molecule has 1 aromatic carbocycles. The van der Waals surface area contributed by atoms with E-state index in [0.29, 0.717) is 19.0 Å². The second-order valence-electron chi connectivity index (χ2n) is 6.61. The van der Waals surface area contributed by atoms with Gasteiger partial charge in [0, 0.05) is 37.7 Å². The molecular weight excluding hydrogens is 383 g/mol. The highest BCUT2D eigenvalue weighted by Gasteiger charge is 2.26. The van der Waals surface area contributed by atoms with Crippen LogP contribution in [0.4, 0.5) is 5.69 Å². The first-order valence-electron chi connectivity index (χ1n) is 8.87. The van der Waals surface area contributed by atoms with Crippen LogP contribution in [0.2, 0.25) is 0 Å². The number of amides is 1. The smallest absolute Gasteiger partial charge is 0.242 e. The Morgan fingerprint density at radius 3 is 2.67 bits per heavy atom. The van der Waals surface area contributed by atoms with Gasteiger partial charge in [0.15, 0.2) is 0 Å². The van der Waals surface area contributed by atoms with Gasteiger partial charge in [0.2, 0.25) is 5.91 Å². The standard InChI is InChI=1S/C20H26N4O.2ClH/c1-21-12-18-9-11-23(14-18)20(25)16-24(19-7-3-2-4-8-19)15-17-6-5-10-22-13-17;;/h2-8,10,13,18,21H,9,11-12,14-16H2,1H3;2*1H. The van der Waals surface area contributed by atoms with E-state index in [0.717, 1.165) is 37.3 Å². The summed E-state index contributed by atoms with van der Waals surface area (Å²) in [5, 5.41) is 3.21. The molecule has 0 spiro atoms. The topological polar surface area (TPSA) is 48.5 Å². The summed E-state index contributed by atoms with van der Waals surface area (Å²) in [5.41, 5.74) is 2.17. The third-order valence-corrected chi connectivity index (χ3v) is 4.68. The number of carbonyl (C=O) groups excluding carboxylic acids is 1. The number of aromatic nitrogens is 1. The van der Waals surface area contributed by atoms with E-state index in [-0.39, 0.29) is 30.7 Å². The molecule has 1 N–H and O–H groups in total. The quantitative estimate of drug-likeness (QED) is 0.761. The van der Waals surface area contributed by atoms with Gasteiger partial charge in [-0.05, 0) is 49.7 Å². The Balaban J connectivity index is 0.00000182. The van der Waals surface area contributed by atoms with Crippen molar-refractivity contribution in [3.05, 3.63) is 60.4 Å². The molecule has 2 aromatic rings. The van der Waals surface area contributed by atoms with Crippen LogP contribution in [-0.2, 0) is 11.3 Å². The molecule has 1 atom stereocenters. The number of carbonyl (C=O) groups is 1. The average molecular weight is 411 g/mol. The van der Waals surface area contributed by atoms with Crippen molar-refractivity contribution in [3.8, 4) is 0 Å². The Morgan fingerprint density at radius 1 is 1.22 bits per heavy atom. The summed E-state index contributed by atoms with van der Waals surface area (Å²) in [6, 6.07) is 14.1. The van der Waals surface area contributed by atoms with Crippen LogP contribution >= 0.6 is 24.8 Å². The summed E-state index contributed by atoms with van der Waals surface area (Å²) in [6.07, 6.45) is 4.72. The van der Waals surface area contributed by atoms with E-state index in [4.69, 9.17) is 0 Å². The van der Waals surface area contributed by atoms with Crippen molar-refractivity contribution >= 4 is 36.4 Å². The van der Waals surface area contributed by atoms with Gasteiger partial charge in [0.1, 0.15) is 0 Å². The Morgan fingerprint density at radius 2 is 2.00 bits per heavy atom. The van der Waals surface area contributed by atoms with E-state index in [2.05, 4.69) is 27.3 Å². The van der Waals surface area contributed by atoms with Crippen molar-refractivity contribution in [2.24, 2.45) is 5.92 Å². The number of hydrogen-bond donors (Lipinski definition) is 1. The zero-order chi connectivity index (χ0) is 17.5. The molecule has 1 unspecified atom stereocenters. The number of hydrogen-bond acceptors (Lipinski definition) is 4. The number of nitrogens with one attached hydrogen (secondary N) is 1. The number of nitrogens with zero attached hydrogens (tertiary/aromatic N) is 3. The lowest BCUT2D eigenvalue weighted by molar-refractivity contribution is -0.128. The van der Waals surface area contributed by atoms with Crippen molar-refractivity contribution in [1.82, 2.24) is 15.2 Å². The van der Waals surface area contributed by atoms with Crippen LogP contribution < -0.4 is 10.2 Å². The first kappa shape index (κ1) is 23.2. The minimum atomic E-state index is 0. The fraction of sp³-hybridized carbons (Fsp3) is 0.400. The molecule has 148 valence electrons. The first-order chi connectivity index (χ1) is 12.3. The van der Waals surface area contributed by atoms with Crippen molar-refractivity contribution < 1.29 is 4.79 Å². The molecule has 3 rings (SSSR count). The Bertz CT molecular complexity index is 672. The monoisotopic (exact) mass is 410 g/mol. The lowest BCUT2D eigenvalue weighted by Crippen LogP contribution is -2.39. The molecule has 1 fully saturated rings. The maximum Gasteiger partial charge on any atom is 0.242 e. The minimum Gasteiger partial charge on any atom is -0.358 e. The van der Waals surface area contributed by atoms with Gasteiger partial charge in [-0.15, -0.1) is 24.8 Å². The van der Waals surface area contributed by atoms with E-state index in [9.17, 15) is 4.79 Å². The lowest BCUT2D eigenvalue weighted by atomic mass is 10.1. The summed E-state index contributed by atoms with van der Waals surface area (Å²) < 4.78 is 0. The van der Waals surface area contributed by atoms with Crippen LogP contribution in [0.3, 0.4) is 0 Å². The van der Waals surface area contributed by atoms with Crippen LogP contribution in [0.5, 0.6) is 0 Å². The number of likely N-dealkylation sites (tertiary alicyclic amines) is 1. The lowest BCUT2D eigenvalue weighted by Gasteiger charge is -2.27. The summed E-state index contributed by atoms with van der Waals surface area (Å²) >= 11 is 0. The molecule has 0 aliphatic carbocycles. The second-order valence-corrected chi connectivity index (χ2v) is 6.61. The highest BCUT2D eigenvalue weighted by molar-refractivity contribution is 5.85. The SMILES string of the molecule is CNCC1CCN(C(=O)CN(Cc2cccnc2)c2ccccc2)C1.Cl.Cl. The van der Waals surface area contributed by atoms with Crippen LogP contribution in [0.1, 0.15) is 12.0 Å². The number of pyridine rings is 1. The number of anilines is 1. The third kappa shape index (κ3) is 6.69. The van der Waals surface area contributed by atoms with Gasteiger partial charge in [-0.1, -0.05) is 24.3 Å². The van der Waals surface area contributed by atoms with Gasteiger partial charge < -0.3 is 15.1 Å². The molecule has 0 saturated carbocycles. The maximum atomic E-state index is 12.8. The number of benzene rings is 1. The van der Waals surface area contributed by atoms with Crippen molar-refractivity contribution in [3.63, 3.8) is 0 Å². The highest BCUT2D eigenvalue weighted by Crippen LogP contribution is 2.19. The molecule has 0 bridgehead atoms. The molecule has 7 heteroatoms. The van der Waals surface area contributed by atoms with Gasteiger partial charge in [-0.2, -0.15) is 0 Å². The zero-order valence-corrected chi connectivity index (χ0v) is 17.2. The normalized spacial score (nSPS) is 15.6. The number of rotatable bonds is 7. The zero-order valence-electron chi connectivity index (χ0n) is 15.6. The molecular formula is C20H28Cl2N4O. The van der Waals surface area contributed by atoms with Gasteiger partial charge >= 0.3 is 0 Å². The number of halogens is 2. The minimum absolute atomic E-state index is 0. The van der Waals surface area contributed by atoms with Crippen LogP contribution in [0.25, 0.3) is 0 Å². The van der Waals surface area contributed by atoms with Crippen molar-refractivity contribution in [2.75, 3.05) is 38.1 Å². The Hall–Kier alpha value is -1.82. The van der Waals surface area contributed by atoms with E-state index in [1.54, 1.807) is 6.20 Å². The molecule has 1 aliphatic heterocycles. The van der Waals surface area contributed by atoms with Crippen LogP contribution in [-0.4, -0.2) is 49.0 Å². The second kappa shape index (κ2) is 11.8. The van der Waals surface area contributed by atoms with Gasteiger partial charge in [-0.25, -0.2) is 0 Å². The molecule has 1 aliphatic rings. The highest BCUT2D eigenvalue weighted by atomic mass is 35.5. The van der Waals surface area contributed by atoms with Gasteiger partial charge in [-0.3, -0.25) is 9.78 Å². The molecule has 0 radical (unpaired) electrons. The fourth-order valence-corrected chi connectivity index (χ4v) is 3.37. The fourth-order valence-electron chi connectivity index (χ4n) is 3.37. The van der Waals surface area contributed by atoms with Crippen molar-refractivity contribution in [2.45, 2.75) is 13.0 Å². The number of para-hydroxylation sites is 1.